The Kier molecular flexibility index (Phi) is 5.98. The topological polar surface area (TPSA) is 41.5 Å². The molecule has 1 aromatic heterocycles. The standard InChI is InChI=1S/C16H21ClN4O/c1-20(9-10-22-3)14-11-15(17)18-19-16(14)21(2)12-13-7-5-4-6-8-13/h4-8,11H,9-10,12H2,1-3H3. The number of aromatic nitrogens is 2. The van der Waals surface area contributed by atoms with Gasteiger partial charge in [-0.2, -0.15) is 0 Å². The maximum Gasteiger partial charge on any atom is 0.175 e. The lowest BCUT2D eigenvalue weighted by Crippen LogP contribution is -2.27. The molecule has 0 atom stereocenters. The first-order valence-corrected chi connectivity index (χ1v) is 7.48. The molecular formula is C16H21ClN4O. The second-order valence-corrected chi connectivity index (χ2v) is 5.52. The monoisotopic (exact) mass is 320 g/mol. The van der Waals surface area contributed by atoms with Crippen LogP contribution in [0.1, 0.15) is 5.56 Å². The summed E-state index contributed by atoms with van der Waals surface area (Å²) in [5.41, 5.74) is 2.16. The first-order valence-electron chi connectivity index (χ1n) is 7.10. The number of ether oxygens (including phenoxy) is 1. The highest BCUT2D eigenvalue weighted by Gasteiger charge is 2.15. The second-order valence-electron chi connectivity index (χ2n) is 5.13. The molecule has 22 heavy (non-hydrogen) atoms. The third kappa shape index (κ3) is 4.32. The molecule has 0 aliphatic heterocycles. The normalized spacial score (nSPS) is 10.5. The van der Waals surface area contributed by atoms with Gasteiger partial charge in [-0.15, -0.1) is 10.2 Å². The molecule has 2 aromatic rings. The van der Waals surface area contributed by atoms with Crippen molar-refractivity contribution in [1.82, 2.24) is 10.2 Å². The minimum Gasteiger partial charge on any atom is -0.383 e. The third-order valence-corrected chi connectivity index (χ3v) is 3.58. The predicted molar refractivity (Wildman–Crippen MR) is 90.7 cm³/mol. The Bertz CT molecular complexity index is 594. The molecule has 118 valence electrons. The van der Waals surface area contributed by atoms with E-state index in [-0.39, 0.29) is 0 Å². The van der Waals surface area contributed by atoms with Gasteiger partial charge in [0, 0.05) is 40.4 Å². The zero-order valence-corrected chi connectivity index (χ0v) is 13.9. The molecule has 0 aliphatic carbocycles. The molecule has 2 rings (SSSR count). The van der Waals surface area contributed by atoms with Gasteiger partial charge in [-0.25, -0.2) is 0 Å². The number of rotatable bonds is 7. The lowest BCUT2D eigenvalue weighted by Gasteiger charge is -2.26. The van der Waals surface area contributed by atoms with Crippen LogP contribution in [0.25, 0.3) is 0 Å². The summed E-state index contributed by atoms with van der Waals surface area (Å²) in [5, 5.41) is 8.63. The van der Waals surface area contributed by atoms with Crippen LogP contribution in [-0.4, -0.2) is 44.6 Å². The summed E-state index contributed by atoms with van der Waals surface area (Å²) in [6.07, 6.45) is 0. The summed E-state index contributed by atoms with van der Waals surface area (Å²) in [5.74, 6) is 0.798. The van der Waals surface area contributed by atoms with Gasteiger partial charge in [0.2, 0.25) is 0 Å². The Morgan fingerprint density at radius 1 is 1.09 bits per heavy atom. The van der Waals surface area contributed by atoms with Crippen molar-refractivity contribution < 1.29 is 4.74 Å². The molecule has 6 heteroatoms. The molecule has 0 N–H and O–H groups in total. The van der Waals surface area contributed by atoms with Crippen LogP contribution in [0.5, 0.6) is 0 Å². The highest BCUT2D eigenvalue weighted by Crippen LogP contribution is 2.28. The number of nitrogens with zero attached hydrogens (tertiary/aromatic N) is 4. The molecule has 0 fully saturated rings. The average Bonchev–Trinajstić information content (AvgIpc) is 2.53. The SMILES string of the molecule is COCCN(C)c1cc(Cl)nnc1N(C)Cc1ccccc1. The third-order valence-electron chi connectivity index (χ3n) is 3.39. The van der Waals surface area contributed by atoms with E-state index in [0.29, 0.717) is 11.8 Å². The molecule has 0 aliphatic rings. The largest absolute Gasteiger partial charge is 0.383 e. The van der Waals surface area contributed by atoms with E-state index in [9.17, 15) is 0 Å². The van der Waals surface area contributed by atoms with Gasteiger partial charge in [-0.1, -0.05) is 41.9 Å². The van der Waals surface area contributed by atoms with Crippen molar-refractivity contribution in [2.45, 2.75) is 6.54 Å². The number of likely N-dealkylation sites (N-methyl/N-ethyl adjacent to an activating group) is 1. The van der Waals surface area contributed by atoms with Crippen LogP contribution in [-0.2, 0) is 11.3 Å². The van der Waals surface area contributed by atoms with Gasteiger partial charge in [0.1, 0.15) is 0 Å². The van der Waals surface area contributed by atoms with E-state index in [1.54, 1.807) is 7.11 Å². The molecule has 0 radical (unpaired) electrons. The predicted octanol–water partition coefficient (Wildman–Crippen LogP) is 2.85. The van der Waals surface area contributed by atoms with E-state index in [2.05, 4.69) is 32.1 Å². The summed E-state index contributed by atoms with van der Waals surface area (Å²) < 4.78 is 5.14. The Labute approximate surface area is 136 Å². The van der Waals surface area contributed by atoms with Crippen LogP contribution in [0.15, 0.2) is 36.4 Å². The lowest BCUT2D eigenvalue weighted by atomic mass is 10.2. The molecule has 0 spiro atoms. The van der Waals surface area contributed by atoms with Crippen molar-refractivity contribution in [3.05, 3.63) is 47.1 Å². The van der Waals surface area contributed by atoms with Gasteiger partial charge < -0.3 is 14.5 Å². The number of anilines is 2. The molecule has 0 saturated heterocycles. The van der Waals surface area contributed by atoms with E-state index in [4.69, 9.17) is 16.3 Å². The van der Waals surface area contributed by atoms with Crippen molar-refractivity contribution in [3.8, 4) is 0 Å². The van der Waals surface area contributed by atoms with Gasteiger partial charge in [0.05, 0.1) is 12.3 Å². The summed E-state index contributed by atoms with van der Waals surface area (Å²) in [6, 6.07) is 12.1. The van der Waals surface area contributed by atoms with Crippen LogP contribution in [0.4, 0.5) is 11.5 Å². The number of hydrogen-bond acceptors (Lipinski definition) is 5. The fourth-order valence-corrected chi connectivity index (χ4v) is 2.33. The Morgan fingerprint density at radius 2 is 1.82 bits per heavy atom. The number of benzene rings is 1. The smallest absolute Gasteiger partial charge is 0.175 e. The first kappa shape index (κ1) is 16.5. The van der Waals surface area contributed by atoms with Crippen LogP contribution in [0.3, 0.4) is 0 Å². The first-order chi connectivity index (χ1) is 10.6. The quantitative estimate of drug-likeness (QED) is 0.784. The lowest BCUT2D eigenvalue weighted by molar-refractivity contribution is 0.206. The molecule has 5 nitrogen and oxygen atoms in total. The summed E-state index contributed by atoms with van der Waals surface area (Å²) in [7, 11) is 5.68. The Hall–Kier alpha value is -1.85. The van der Waals surface area contributed by atoms with Gasteiger partial charge in [0.15, 0.2) is 11.0 Å². The van der Waals surface area contributed by atoms with Gasteiger partial charge >= 0.3 is 0 Å². The van der Waals surface area contributed by atoms with Gasteiger partial charge in [0.25, 0.3) is 0 Å². The number of methoxy groups -OCH3 is 1. The highest BCUT2D eigenvalue weighted by molar-refractivity contribution is 6.29. The van der Waals surface area contributed by atoms with Crippen molar-refractivity contribution in [2.24, 2.45) is 0 Å². The van der Waals surface area contributed by atoms with Gasteiger partial charge in [-0.3, -0.25) is 0 Å². The van der Waals surface area contributed by atoms with Gasteiger partial charge in [-0.05, 0) is 5.56 Å². The Morgan fingerprint density at radius 3 is 2.50 bits per heavy atom. The van der Waals surface area contributed by atoms with Crippen molar-refractivity contribution >= 4 is 23.1 Å². The minimum atomic E-state index is 0.385. The van der Waals surface area contributed by atoms with E-state index < -0.39 is 0 Å². The molecule has 1 aromatic carbocycles. The minimum absolute atomic E-state index is 0.385. The second kappa shape index (κ2) is 7.96. The van der Waals surface area contributed by atoms with E-state index >= 15 is 0 Å². The number of hydrogen-bond donors (Lipinski definition) is 0. The fourth-order valence-electron chi connectivity index (χ4n) is 2.19. The van der Waals surface area contributed by atoms with Crippen LogP contribution >= 0.6 is 11.6 Å². The number of halogens is 1. The maximum absolute atomic E-state index is 6.01. The van der Waals surface area contributed by atoms with Crippen molar-refractivity contribution in [3.63, 3.8) is 0 Å². The summed E-state index contributed by atoms with van der Waals surface area (Å²) >= 11 is 6.01. The van der Waals surface area contributed by atoms with Crippen LogP contribution < -0.4 is 9.80 Å². The summed E-state index contributed by atoms with van der Waals surface area (Å²) in [4.78, 5) is 4.14. The van der Waals surface area contributed by atoms with E-state index in [0.717, 1.165) is 24.6 Å². The molecule has 0 bridgehead atoms. The van der Waals surface area contributed by atoms with Crippen molar-refractivity contribution in [2.75, 3.05) is 44.2 Å². The average molecular weight is 321 g/mol. The molecule has 0 unspecified atom stereocenters. The Balaban J connectivity index is 2.21. The maximum atomic E-state index is 6.01. The highest BCUT2D eigenvalue weighted by atomic mass is 35.5. The zero-order valence-electron chi connectivity index (χ0n) is 13.2. The zero-order chi connectivity index (χ0) is 15.9. The molecular weight excluding hydrogens is 300 g/mol. The summed E-state index contributed by atoms with van der Waals surface area (Å²) in [6.45, 7) is 2.14. The fraction of sp³-hybridized carbons (Fsp3) is 0.375. The van der Waals surface area contributed by atoms with Crippen molar-refractivity contribution in [1.29, 1.82) is 0 Å². The van der Waals surface area contributed by atoms with E-state index in [1.165, 1.54) is 5.56 Å². The molecule has 0 saturated carbocycles. The molecule has 0 amide bonds. The van der Waals surface area contributed by atoms with E-state index in [1.807, 2.05) is 38.4 Å². The van der Waals surface area contributed by atoms with Crippen LogP contribution in [0.2, 0.25) is 5.15 Å². The van der Waals surface area contributed by atoms with Crippen LogP contribution in [0, 0.1) is 0 Å². The molecule has 1 heterocycles.